The summed E-state index contributed by atoms with van der Waals surface area (Å²) in [6.45, 7) is 2.30. The summed E-state index contributed by atoms with van der Waals surface area (Å²) in [7, 11) is -2.29. The van der Waals surface area contributed by atoms with Crippen LogP contribution in [0.5, 0.6) is 11.5 Å². The standard InChI is InChI=1S/C18H19N5O5S/c1-4-19-18(24)23-16-8-6-12-17(22-16)21-13(10-20-12)11-5-7-14(15(9-11)27-2)28-29(3,25)26/h5-10H,4H2,1-3H3,(H2,19,21,22,23,24). The number of ether oxygens (including phenoxy) is 1. The van der Waals surface area contributed by atoms with Crippen molar-refractivity contribution in [2.45, 2.75) is 6.92 Å². The van der Waals surface area contributed by atoms with Gasteiger partial charge in [0.2, 0.25) is 0 Å². The number of hydrogen-bond donors (Lipinski definition) is 2. The molecule has 2 N–H and O–H groups in total. The van der Waals surface area contributed by atoms with E-state index in [9.17, 15) is 13.2 Å². The van der Waals surface area contributed by atoms with Gasteiger partial charge in [-0.3, -0.25) is 10.3 Å². The Morgan fingerprint density at radius 1 is 1.14 bits per heavy atom. The van der Waals surface area contributed by atoms with Crippen LogP contribution in [0.25, 0.3) is 22.4 Å². The number of aromatic nitrogens is 3. The van der Waals surface area contributed by atoms with Crippen LogP contribution in [-0.2, 0) is 10.1 Å². The van der Waals surface area contributed by atoms with Gasteiger partial charge in [0.1, 0.15) is 11.3 Å². The molecule has 152 valence electrons. The molecule has 10 nitrogen and oxygen atoms in total. The summed E-state index contributed by atoms with van der Waals surface area (Å²) >= 11 is 0. The number of amides is 2. The quantitative estimate of drug-likeness (QED) is 0.583. The van der Waals surface area contributed by atoms with Crippen LogP contribution in [-0.4, -0.2) is 49.3 Å². The normalized spacial score (nSPS) is 11.1. The van der Waals surface area contributed by atoms with Crippen molar-refractivity contribution < 1.29 is 22.1 Å². The van der Waals surface area contributed by atoms with E-state index >= 15 is 0 Å². The monoisotopic (exact) mass is 417 g/mol. The Bertz CT molecular complexity index is 1170. The molecule has 0 fully saturated rings. The van der Waals surface area contributed by atoms with Crippen LogP contribution in [0.1, 0.15) is 6.92 Å². The number of fused-ring (bicyclic) bond motifs is 1. The van der Waals surface area contributed by atoms with Gasteiger partial charge in [-0.25, -0.2) is 14.8 Å². The first-order valence-electron chi connectivity index (χ1n) is 8.55. The zero-order valence-corrected chi connectivity index (χ0v) is 16.8. The van der Waals surface area contributed by atoms with Crippen LogP contribution in [0.15, 0.2) is 36.5 Å². The maximum Gasteiger partial charge on any atom is 0.320 e. The third kappa shape index (κ3) is 5.08. The summed E-state index contributed by atoms with van der Waals surface area (Å²) in [5, 5.41) is 5.24. The van der Waals surface area contributed by atoms with Gasteiger partial charge in [-0.15, -0.1) is 0 Å². The molecule has 2 heterocycles. The van der Waals surface area contributed by atoms with Crippen LogP contribution in [0, 0.1) is 0 Å². The molecule has 0 aliphatic heterocycles. The van der Waals surface area contributed by atoms with Gasteiger partial charge >= 0.3 is 16.1 Å². The lowest BCUT2D eigenvalue weighted by Crippen LogP contribution is -2.28. The van der Waals surface area contributed by atoms with Gasteiger partial charge in [0, 0.05) is 12.1 Å². The Labute approximate surface area is 167 Å². The minimum atomic E-state index is -3.69. The minimum absolute atomic E-state index is 0.0686. The lowest BCUT2D eigenvalue weighted by atomic mass is 10.1. The first kappa shape index (κ1) is 20.3. The maximum absolute atomic E-state index is 11.7. The SMILES string of the molecule is CCNC(=O)Nc1ccc2ncc(-c3ccc(OS(C)(=O)=O)c(OC)c3)nc2n1. The first-order chi connectivity index (χ1) is 13.8. The number of anilines is 1. The zero-order valence-electron chi connectivity index (χ0n) is 16.0. The highest BCUT2D eigenvalue weighted by Gasteiger charge is 2.13. The van der Waals surface area contributed by atoms with E-state index in [1.165, 1.54) is 13.2 Å². The predicted octanol–water partition coefficient (Wildman–Crippen LogP) is 2.18. The van der Waals surface area contributed by atoms with Crippen molar-refractivity contribution in [3.63, 3.8) is 0 Å². The number of pyridine rings is 1. The molecule has 0 bridgehead atoms. The van der Waals surface area contributed by atoms with Crippen molar-refractivity contribution in [2.75, 3.05) is 25.2 Å². The summed E-state index contributed by atoms with van der Waals surface area (Å²) in [5.74, 6) is 0.637. The van der Waals surface area contributed by atoms with E-state index in [-0.39, 0.29) is 17.5 Å². The summed E-state index contributed by atoms with van der Waals surface area (Å²) in [6, 6.07) is 7.66. The third-order valence-electron chi connectivity index (χ3n) is 3.69. The average Bonchev–Trinajstić information content (AvgIpc) is 2.66. The second kappa shape index (κ2) is 8.27. The van der Waals surface area contributed by atoms with Gasteiger partial charge in [-0.2, -0.15) is 8.42 Å². The molecular formula is C18H19N5O5S. The lowest BCUT2D eigenvalue weighted by Gasteiger charge is -2.10. The Kier molecular flexibility index (Phi) is 5.78. The number of carbonyl (C=O) groups excluding carboxylic acids is 1. The molecule has 1 aromatic carbocycles. The first-order valence-corrected chi connectivity index (χ1v) is 10.4. The smallest absolute Gasteiger partial charge is 0.320 e. The predicted molar refractivity (Wildman–Crippen MR) is 107 cm³/mol. The van der Waals surface area contributed by atoms with E-state index in [0.29, 0.717) is 34.8 Å². The van der Waals surface area contributed by atoms with Crippen molar-refractivity contribution in [3.8, 4) is 22.8 Å². The molecule has 0 atom stereocenters. The number of hydrogen-bond acceptors (Lipinski definition) is 8. The van der Waals surface area contributed by atoms with Crippen LogP contribution in [0.4, 0.5) is 10.6 Å². The van der Waals surface area contributed by atoms with E-state index in [0.717, 1.165) is 6.26 Å². The van der Waals surface area contributed by atoms with Crippen molar-refractivity contribution in [3.05, 3.63) is 36.5 Å². The zero-order chi connectivity index (χ0) is 21.0. The van der Waals surface area contributed by atoms with Crippen molar-refractivity contribution in [2.24, 2.45) is 0 Å². The highest BCUT2D eigenvalue weighted by atomic mass is 32.2. The molecule has 0 saturated heterocycles. The van der Waals surface area contributed by atoms with Gasteiger partial charge in [0.05, 0.1) is 25.3 Å². The van der Waals surface area contributed by atoms with Crippen LogP contribution in [0.3, 0.4) is 0 Å². The van der Waals surface area contributed by atoms with Crippen molar-refractivity contribution in [1.82, 2.24) is 20.3 Å². The second-order valence-corrected chi connectivity index (χ2v) is 7.51. The number of nitrogens with one attached hydrogen (secondary N) is 2. The highest BCUT2D eigenvalue weighted by Crippen LogP contribution is 2.32. The second-order valence-electron chi connectivity index (χ2n) is 5.93. The molecule has 3 rings (SSSR count). The Morgan fingerprint density at radius 3 is 2.62 bits per heavy atom. The Balaban J connectivity index is 1.95. The number of carbonyl (C=O) groups is 1. The van der Waals surface area contributed by atoms with Crippen LogP contribution < -0.4 is 19.6 Å². The molecule has 0 aliphatic carbocycles. The molecule has 0 unspecified atom stereocenters. The molecule has 0 aliphatic rings. The van der Waals surface area contributed by atoms with Crippen molar-refractivity contribution >= 4 is 33.1 Å². The number of rotatable bonds is 6. The minimum Gasteiger partial charge on any atom is -0.493 e. The summed E-state index contributed by atoms with van der Waals surface area (Å²) in [6.07, 6.45) is 2.51. The third-order valence-corrected chi connectivity index (χ3v) is 4.17. The number of urea groups is 1. The van der Waals surface area contributed by atoms with Crippen LogP contribution in [0.2, 0.25) is 0 Å². The van der Waals surface area contributed by atoms with E-state index in [1.807, 2.05) is 6.92 Å². The molecule has 29 heavy (non-hydrogen) atoms. The molecule has 0 spiro atoms. The molecule has 2 amide bonds. The fourth-order valence-electron chi connectivity index (χ4n) is 2.49. The largest absolute Gasteiger partial charge is 0.493 e. The highest BCUT2D eigenvalue weighted by molar-refractivity contribution is 7.86. The van der Waals surface area contributed by atoms with E-state index in [1.54, 1.807) is 30.5 Å². The van der Waals surface area contributed by atoms with Gasteiger partial charge in [-0.1, -0.05) is 0 Å². The van der Waals surface area contributed by atoms with E-state index in [4.69, 9.17) is 8.92 Å². The van der Waals surface area contributed by atoms with E-state index in [2.05, 4.69) is 25.6 Å². The van der Waals surface area contributed by atoms with Crippen LogP contribution >= 0.6 is 0 Å². The fraction of sp³-hybridized carbons (Fsp3) is 0.222. The molecule has 0 radical (unpaired) electrons. The Hall–Kier alpha value is -3.47. The number of nitrogens with zero attached hydrogens (tertiary/aromatic N) is 3. The Morgan fingerprint density at radius 2 is 1.93 bits per heavy atom. The number of benzene rings is 1. The number of methoxy groups -OCH3 is 1. The molecular weight excluding hydrogens is 398 g/mol. The molecule has 3 aromatic rings. The van der Waals surface area contributed by atoms with Gasteiger partial charge < -0.3 is 14.2 Å². The summed E-state index contributed by atoms with van der Waals surface area (Å²) < 4.78 is 32.9. The van der Waals surface area contributed by atoms with Gasteiger partial charge in [0.15, 0.2) is 17.1 Å². The van der Waals surface area contributed by atoms with Crippen molar-refractivity contribution in [1.29, 1.82) is 0 Å². The maximum atomic E-state index is 11.7. The van der Waals surface area contributed by atoms with Gasteiger partial charge in [-0.05, 0) is 37.3 Å². The molecule has 0 saturated carbocycles. The summed E-state index contributed by atoms with van der Waals surface area (Å²) in [4.78, 5) is 24.8. The fourth-order valence-corrected chi connectivity index (χ4v) is 2.95. The topological polar surface area (TPSA) is 132 Å². The molecule has 2 aromatic heterocycles. The lowest BCUT2D eigenvalue weighted by molar-refractivity contribution is 0.252. The summed E-state index contributed by atoms with van der Waals surface area (Å²) in [5.41, 5.74) is 2.01. The average molecular weight is 417 g/mol. The van der Waals surface area contributed by atoms with Gasteiger partial charge in [0.25, 0.3) is 0 Å². The van der Waals surface area contributed by atoms with E-state index < -0.39 is 10.1 Å². The molecule has 11 heteroatoms.